The summed E-state index contributed by atoms with van der Waals surface area (Å²) in [6, 6.07) is 5.40. The molecule has 0 amide bonds. The highest BCUT2D eigenvalue weighted by molar-refractivity contribution is 7.98. The van der Waals surface area contributed by atoms with E-state index in [1.807, 2.05) is 19.2 Å². The number of hydrogen-bond acceptors (Lipinski definition) is 3. The fourth-order valence-electron chi connectivity index (χ4n) is 1.25. The molecule has 2 nitrogen and oxygen atoms in total. The average Bonchev–Trinajstić information content (AvgIpc) is 2.21. The Morgan fingerprint density at radius 1 is 1.53 bits per heavy atom. The normalized spacial score (nSPS) is 12.5. The molecular weight excluding hydrogens is 232 g/mol. The second kappa shape index (κ2) is 6.26. The van der Waals surface area contributed by atoms with Crippen molar-refractivity contribution in [3.8, 4) is 5.75 Å². The van der Waals surface area contributed by atoms with Gasteiger partial charge in [0.1, 0.15) is 5.75 Å². The summed E-state index contributed by atoms with van der Waals surface area (Å²) < 4.78 is 5.31. The maximum absolute atomic E-state index is 9.75. The van der Waals surface area contributed by atoms with Crippen LogP contribution in [0, 0.1) is 0 Å². The molecule has 1 N–H and O–H groups in total. The van der Waals surface area contributed by atoms with Crippen LogP contribution in [0.1, 0.15) is 18.6 Å². The molecule has 1 aromatic carbocycles. The van der Waals surface area contributed by atoms with Crippen LogP contribution in [-0.4, -0.2) is 23.7 Å². The van der Waals surface area contributed by atoms with Crippen LogP contribution in [0.2, 0.25) is 5.02 Å². The second-order valence-corrected chi connectivity index (χ2v) is 4.41. The molecule has 1 aromatic rings. The molecule has 0 aliphatic carbocycles. The lowest BCUT2D eigenvalue weighted by atomic mass is 10.1. The first-order valence-electron chi connectivity index (χ1n) is 4.78. The van der Waals surface area contributed by atoms with Crippen LogP contribution >= 0.6 is 23.4 Å². The molecule has 0 aliphatic rings. The number of aliphatic hydroxyl groups excluding tert-OH is 1. The zero-order chi connectivity index (χ0) is 11.3. The number of benzene rings is 1. The quantitative estimate of drug-likeness (QED) is 0.866. The number of hydrogen-bond donors (Lipinski definition) is 1. The molecule has 0 spiro atoms. The van der Waals surface area contributed by atoms with E-state index in [4.69, 9.17) is 16.3 Å². The summed E-state index contributed by atoms with van der Waals surface area (Å²) in [5, 5.41) is 10.3. The van der Waals surface area contributed by atoms with Gasteiger partial charge in [0.15, 0.2) is 0 Å². The van der Waals surface area contributed by atoms with Gasteiger partial charge in [-0.15, -0.1) is 0 Å². The Labute approximate surface area is 99.6 Å². The van der Waals surface area contributed by atoms with Crippen molar-refractivity contribution in [1.82, 2.24) is 0 Å². The fourth-order valence-corrected chi connectivity index (χ4v) is 2.00. The molecule has 0 aromatic heterocycles. The summed E-state index contributed by atoms with van der Waals surface area (Å²) in [6.45, 7) is 2.50. The van der Waals surface area contributed by atoms with Gasteiger partial charge in [-0.05, 0) is 30.9 Å². The van der Waals surface area contributed by atoms with E-state index in [9.17, 15) is 5.11 Å². The van der Waals surface area contributed by atoms with Gasteiger partial charge >= 0.3 is 0 Å². The molecule has 15 heavy (non-hydrogen) atoms. The number of ether oxygens (including phenoxy) is 1. The molecule has 0 saturated carbocycles. The predicted molar refractivity (Wildman–Crippen MR) is 66.0 cm³/mol. The van der Waals surface area contributed by atoms with Gasteiger partial charge < -0.3 is 9.84 Å². The molecule has 0 saturated heterocycles. The van der Waals surface area contributed by atoms with Crippen molar-refractivity contribution in [3.63, 3.8) is 0 Å². The van der Waals surface area contributed by atoms with E-state index < -0.39 is 6.10 Å². The Morgan fingerprint density at radius 3 is 2.80 bits per heavy atom. The Kier molecular flexibility index (Phi) is 5.29. The van der Waals surface area contributed by atoms with Gasteiger partial charge in [-0.1, -0.05) is 17.7 Å². The van der Waals surface area contributed by atoms with Crippen molar-refractivity contribution < 1.29 is 9.84 Å². The van der Waals surface area contributed by atoms with E-state index in [1.54, 1.807) is 23.9 Å². The third-order valence-corrected chi connectivity index (χ3v) is 2.91. The summed E-state index contributed by atoms with van der Waals surface area (Å²) in [6.07, 6.45) is 1.49. The largest absolute Gasteiger partial charge is 0.492 e. The maximum Gasteiger partial charge on any atom is 0.137 e. The summed E-state index contributed by atoms with van der Waals surface area (Å²) in [5.41, 5.74) is 0.831. The smallest absolute Gasteiger partial charge is 0.137 e. The molecule has 0 bridgehead atoms. The minimum absolute atomic E-state index is 0.465. The number of halogens is 1. The van der Waals surface area contributed by atoms with Gasteiger partial charge in [0, 0.05) is 5.75 Å². The summed E-state index contributed by atoms with van der Waals surface area (Å²) in [4.78, 5) is 0. The first-order chi connectivity index (χ1) is 7.19. The van der Waals surface area contributed by atoms with Gasteiger partial charge in [0.2, 0.25) is 0 Å². The lowest BCUT2D eigenvalue weighted by molar-refractivity contribution is 0.204. The van der Waals surface area contributed by atoms with Crippen LogP contribution in [0.15, 0.2) is 18.2 Å². The third kappa shape index (κ3) is 3.59. The van der Waals surface area contributed by atoms with Crippen molar-refractivity contribution in [3.05, 3.63) is 28.8 Å². The molecule has 1 unspecified atom stereocenters. The second-order valence-electron chi connectivity index (χ2n) is 3.09. The summed E-state index contributed by atoms with van der Waals surface area (Å²) >= 11 is 7.61. The Bertz CT molecular complexity index is 317. The predicted octanol–water partition coefficient (Wildman–Crippen LogP) is 3.14. The van der Waals surface area contributed by atoms with E-state index in [0.29, 0.717) is 23.1 Å². The topological polar surface area (TPSA) is 29.5 Å². The van der Waals surface area contributed by atoms with E-state index in [1.165, 1.54) is 0 Å². The molecule has 0 heterocycles. The van der Waals surface area contributed by atoms with Crippen LogP contribution in [0.3, 0.4) is 0 Å². The Balaban J connectivity index is 2.81. The lowest BCUT2D eigenvalue weighted by Gasteiger charge is -2.11. The maximum atomic E-state index is 9.75. The van der Waals surface area contributed by atoms with Crippen LogP contribution in [-0.2, 0) is 0 Å². The minimum Gasteiger partial charge on any atom is -0.492 e. The van der Waals surface area contributed by atoms with Crippen LogP contribution < -0.4 is 4.74 Å². The van der Waals surface area contributed by atoms with E-state index in [2.05, 4.69) is 0 Å². The van der Waals surface area contributed by atoms with E-state index >= 15 is 0 Å². The molecular formula is C11H15ClO2S. The zero-order valence-corrected chi connectivity index (χ0v) is 10.4. The first-order valence-corrected chi connectivity index (χ1v) is 6.55. The zero-order valence-electron chi connectivity index (χ0n) is 8.87. The minimum atomic E-state index is -0.465. The summed E-state index contributed by atoms with van der Waals surface area (Å²) in [7, 11) is 0. The van der Waals surface area contributed by atoms with Crippen molar-refractivity contribution in [1.29, 1.82) is 0 Å². The number of aliphatic hydroxyl groups is 1. The van der Waals surface area contributed by atoms with Gasteiger partial charge in [-0.25, -0.2) is 0 Å². The highest BCUT2D eigenvalue weighted by Gasteiger charge is 2.09. The van der Waals surface area contributed by atoms with E-state index in [-0.39, 0.29) is 0 Å². The van der Waals surface area contributed by atoms with Crippen LogP contribution in [0.25, 0.3) is 0 Å². The van der Waals surface area contributed by atoms with Gasteiger partial charge in [0.25, 0.3) is 0 Å². The van der Waals surface area contributed by atoms with Crippen LogP contribution in [0.4, 0.5) is 0 Å². The average molecular weight is 247 g/mol. The van der Waals surface area contributed by atoms with Crippen molar-refractivity contribution >= 4 is 23.4 Å². The molecule has 0 fully saturated rings. The first kappa shape index (κ1) is 12.7. The van der Waals surface area contributed by atoms with Crippen LogP contribution in [0.5, 0.6) is 5.75 Å². The standard InChI is InChI=1S/C11H15ClO2S/c1-3-14-11-5-4-8(6-9(11)12)10(13)7-15-2/h4-6,10,13H,3,7H2,1-2H3. The SMILES string of the molecule is CCOc1ccc(C(O)CSC)cc1Cl. The molecule has 0 aliphatic heterocycles. The lowest BCUT2D eigenvalue weighted by Crippen LogP contribution is -2.01. The van der Waals surface area contributed by atoms with Crippen molar-refractivity contribution in [2.75, 3.05) is 18.6 Å². The van der Waals surface area contributed by atoms with E-state index in [0.717, 1.165) is 5.56 Å². The van der Waals surface area contributed by atoms with Crippen molar-refractivity contribution in [2.45, 2.75) is 13.0 Å². The number of thioether (sulfide) groups is 1. The van der Waals surface area contributed by atoms with Gasteiger partial charge in [-0.3, -0.25) is 0 Å². The fraction of sp³-hybridized carbons (Fsp3) is 0.455. The Hall–Kier alpha value is -0.380. The third-order valence-electron chi connectivity index (χ3n) is 1.97. The molecule has 84 valence electrons. The highest BCUT2D eigenvalue weighted by atomic mass is 35.5. The number of rotatable bonds is 5. The molecule has 1 rings (SSSR count). The molecule has 1 atom stereocenters. The van der Waals surface area contributed by atoms with Gasteiger partial charge in [-0.2, -0.15) is 11.8 Å². The highest BCUT2D eigenvalue weighted by Crippen LogP contribution is 2.28. The Morgan fingerprint density at radius 2 is 2.27 bits per heavy atom. The summed E-state index contributed by atoms with van der Waals surface area (Å²) in [5.74, 6) is 1.34. The molecule has 0 radical (unpaired) electrons. The van der Waals surface area contributed by atoms with Gasteiger partial charge in [0.05, 0.1) is 17.7 Å². The molecule has 4 heteroatoms. The van der Waals surface area contributed by atoms with Crippen molar-refractivity contribution in [2.24, 2.45) is 0 Å². The monoisotopic (exact) mass is 246 g/mol.